The predicted octanol–water partition coefficient (Wildman–Crippen LogP) is 6.04. The summed E-state index contributed by atoms with van der Waals surface area (Å²) in [6.45, 7) is 0.292. The van der Waals surface area contributed by atoms with Crippen LogP contribution >= 0.6 is 11.6 Å². The molecule has 2 heterocycles. The lowest BCUT2D eigenvalue weighted by molar-refractivity contribution is 0.410. The van der Waals surface area contributed by atoms with E-state index in [4.69, 9.17) is 26.3 Å². The zero-order valence-corrected chi connectivity index (χ0v) is 17.9. The zero-order valence-electron chi connectivity index (χ0n) is 17.1. The summed E-state index contributed by atoms with van der Waals surface area (Å²) in [4.78, 5) is 14.0. The van der Waals surface area contributed by atoms with Crippen molar-refractivity contribution in [3.8, 4) is 17.0 Å². The molecule has 0 saturated carbocycles. The van der Waals surface area contributed by atoms with Gasteiger partial charge in [0.1, 0.15) is 11.6 Å². The molecule has 4 aromatic rings. The van der Waals surface area contributed by atoms with Crippen molar-refractivity contribution in [1.29, 1.82) is 0 Å². The number of hydrogen-bond acceptors (Lipinski definition) is 5. The van der Waals surface area contributed by atoms with Crippen molar-refractivity contribution < 1.29 is 9.13 Å². The standard InChI is InChI=1S/C25H18ClFN4O/c1-32-21-9-5-8-20(27)22(21)24-19-12-16(26)10-11-18(19)23-15(13-28-24)14-29-25(31-23)30-17-6-3-2-4-7-17/h2-12,14H,13H2,1H3,(H,29,30,31). The third-order valence-corrected chi connectivity index (χ3v) is 5.46. The molecule has 0 saturated heterocycles. The Labute approximate surface area is 189 Å². The Kier molecular flexibility index (Phi) is 5.29. The minimum Gasteiger partial charge on any atom is -0.496 e. The maximum atomic E-state index is 15.0. The highest BCUT2D eigenvalue weighted by Gasteiger charge is 2.25. The topological polar surface area (TPSA) is 59.4 Å². The molecule has 5 nitrogen and oxygen atoms in total. The summed E-state index contributed by atoms with van der Waals surface area (Å²) in [5, 5.41) is 3.74. The van der Waals surface area contributed by atoms with E-state index in [0.717, 1.165) is 22.5 Å². The van der Waals surface area contributed by atoms with Crippen LogP contribution in [0.2, 0.25) is 5.02 Å². The van der Waals surface area contributed by atoms with E-state index in [1.165, 1.54) is 13.2 Å². The van der Waals surface area contributed by atoms with Crippen molar-refractivity contribution in [2.45, 2.75) is 6.54 Å². The highest BCUT2D eigenvalue weighted by atomic mass is 35.5. The fourth-order valence-electron chi connectivity index (χ4n) is 3.75. The minimum absolute atomic E-state index is 0.292. The van der Waals surface area contributed by atoms with Crippen molar-refractivity contribution in [1.82, 2.24) is 9.97 Å². The van der Waals surface area contributed by atoms with Crippen LogP contribution in [0.4, 0.5) is 16.0 Å². The van der Waals surface area contributed by atoms with Gasteiger partial charge in [0.05, 0.1) is 30.6 Å². The zero-order chi connectivity index (χ0) is 22.1. The van der Waals surface area contributed by atoms with Crippen molar-refractivity contribution in [3.63, 3.8) is 0 Å². The number of para-hydroxylation sites is 1. The third-order valence-electron chi connectivity index (χ3n) is 5.23. The van der Waals surface area contributed by atoms with Gasteiger partial charge in [0.15, 0.2) is 0 Å². The second-order valence-corrected chi connectivity index (χ2v) is 7.67. The Hall–Kier alpha value is -3.77. The van der Waals surface area contributed by atoms with Gasteiger partial charge >= 0.3 is 0 Å². The lowest BCUT2D eigenvalue weighted by atomic mass is 9.94. The molecule has 1 aliphatic heterocycles. The third kappa shape index (κ3) is 3.69. The van der Waals surface area contributed by atoms with E-state index < -0.39 is 5.82 Å². The normalized spacial score (nSPS) is 12.3. The van der Waals surface area contributed by atoms with Gasteiger partial charge in [-0.25, -0.2) is 14.4 Å². The fraction of sp³-hybridized carbons (Fsp3) is 0.0800. The van der Waals surface area contributed by atoms with Gasteiger partial charge < -0.3 is 10.1 Å². The number of ether oxygens (including phenoxy) is 1. The van der Waals surface area contributed by atoms with Gasteiger partial charge in [0, 0.05) is 33.6 Å². The van der Waals surface area contributed by atoms with E-state index in [1.54, 1.807) is 30.5 Å². The molecule has 5 rings (SSSR count). The maximum absolute atomic E-state index is 15.0. The van der Waals surface area contributed by atoms with Crippen LogP contribution in [0.15, 0.2) is 77.9 Å². The largest absolute Gasteiger partial charge is 0.496 e. The first kappa shape index (κ1) is 20.2. The van der Waals surface area contributed by atoms with Gasteiger partial charge in [-0.3, -0.25) is 4.99 Å². The van der Waals surface area contributed by atoms with Gasteiger partial charge in [0.25, 0.3) is 0 Å². The molecule has 1 N–H and O–H groups in total. The first-order valence-corrected chi connectivity index (χ1v) is 10.4. The number of methoxy groups -OCH3 is 1. The van der Waals surface area contributed by atoms with Gasteiger partial charge in [0.2, 0.25) is 5.95 Å². The van der Waals surface area contributed by atoms with Crippen LogP contribution < -0.4 is 10.1 Å². The van der Waals surface area contributed by atoms with Crippen LogP contribution in [0.5, 0.6) is 5.75 Å². The Bertz CT molecular complexity index is 1340. The Morgan fingerprint density at radius 3 is 2.66 bits per heavy atom. The Morgan fingerprint density at radius 2 is 1.84 bits per heavy atom. The molecule has 0 unspecified atom stereocenters. The average molecular weight is 445 g/mol. The molecular weight excluding hydrogens is 427 g/mol. The average Bonchev–Trinajstić information content (AvgIpc) is 2.96. The molecule has 3 aromatic carbocycles. The smallest absolute Gasteiger partial charge is 0.227 e. The summed E-state index contributed by atoms with van der Waals surface area (Å²) in [5.41, 5.74) is 4.67. The van der Waals surface area contributed by atoms with E-state index in [1.807, 2.05) is 36.4 Å². The molecule has 32 heavy (non-hydrogen) atoms. The second kappa shape index (κ2) is 8.40. The van der Waals surface area contributed by atoms with Crippen LogP contribution in [0.1, 0.15) is 16.7 Å². The van der Waals surface area contributed by atoms with E-state index in [2.05, 4.69) is 10.3 Å². The Morgan fingerprint density at radius 1 is 1.00 bits per heavy atom. The lowest BCUT2D eigenvalue weighted by Gasteiger charge is -2.15. The number of nitrogens with one attached hydrogen (secondary N) is 1. The van der Waals surface area contributed by atoms with Crippen molar-refractivity contribution in [3.05, 3.63) is 100 Å². The molecule has 0 spiro atoms. The molecule has 1 aromatic heterocycles. The van der Waals surface area contributed by atoms with Crippen LogP contribution in [-0.4, -0.2) is 22.8 Å². The summed E-state index contributed by atoms with van der Waals surface area (Å²) < 4.78 is 20.4. The highest BCUT2D eigenvalue weighted by molar-refractivity contribution is 6.31. The molecular formula is C25H18ClFN4O. The lowest BCUT2D eigenvalue weighted by Crippen LogP contribution is -2.09. The SMILES string of the molecule is COc1cccc(F)c1C1=NCc2cnc(Nc3ccccc3)nc2-c2ccc(Cl)cc21. The number of benzene rings is 3. The van der Waals surface area contributed by atoms with Crippen LogP contribution in [-0.2, 0) is 6.54 Å². The molecule has 0 bridgehead atoms. The quantitative estimate of drug-likeness (QED) is 0.417. The first-order chi connectivity index (χ1) is 15.6. The molecule has 0 fully saturated rings. The number of aromatic nitrogens is 2. The molecule has 7 heteroatoms. The van der Waals surface area contributed by atoms with Crippen LogP contribution in [0.25, 0.3) is 11.3 Å². The molecule has 0 radical (unpaired) electrons. The van der Waals surface area contributed by atoms with E-state index >= 15 is 0 Å². The predicted molar refractivity (Wildman–Crippen MR) is 124 cm³/mol. The number of anilines is 2. The number of hydrogen-bond donors (Lipinski definition) is 1. The molecule has 158 valence electrons. The van der Waals surface area contributed by atoms with Crippen molar-refractivity contribution in [2.24, 2.45) is 4.99 Å². The molecule has 0 amide bonds. The van der Waals surface area contributed by atoms with Gasteiger partial charge in [-0.2, -0.15) is 0 Å². The van der Waals surface area contributed by atoms with Gasteiger partial charge in [-0.05, 0) is 36.4 Å². The summed E-state index contributed by atoms with van der Waals surface area (Å²) in [5.74, 6) is 0.443. The molecule has 1 aliphatic rings. The van der Waals surface area contributed by atoms with Crippen LogP contribution in [0, 0.1) is 5.82 Å². The van der Waals surface area contributed by atoms with Crippen molar-refractivity contribution >= 4 is 28.9 Å². The number of halogens is 2. The van der Waals surface area contributed by atoms with Crippen LogP contribution in [0.3, 0.4) is 0 Å². The van der Waals surface area contributed by atoms with Crippen molar-refractivity contribution in [2.75, 3.05) is 12.4 Å². The van der Waals surface area contributed by atoms with E-state index in [-0.39, 0.29) is 0 Å². The number of aliphatic imine (C=N–C) groups is 1. The van der Waals surface area contributed by atoms with E-state index in [0.29, 0.717) is 40.1 Å². The number of nitrogens with zero attached hydrogens (tertiary/aromatic N) is 3. The monoisotopic (exact) mass is 444 g/mol. The number of rotatable bonds is 4. The summed E-state index contributed by atoms with van der Waals surface area (Å²) in [6, 6.07) is 19.9. The van der Waals surface area contributed by atoms with E-state index in [9.17, 15) is 4.39 Å². The van der Waals surface area contributed by atoms with Gasteiger partial charge in [-0.1, -0.05) is 41.9 Å². The molecule has 0 aliphatic carbocycles. The second-order valence-electron chi connectivity index (χ2n) is 7.23. The number of fused-ring (bicyclic) bond motifs is 3. The summed E-state index contributed by atoms with van der Waals surface area (Å²) >= 11 is 6.34. The fourth-order valence-corrected chi connectivity index (χ4v) is 3.92. The minimum atomic E-state index is -0.419. The first-order valence-electron chi connectivity index (χ1n) is 9.99. The Balaban J connectivity index is 1.67. The summed E-state index contributed by atoms with van der Waals surface area (Å²) in [7, 11) is 1.51. The highest BCUT2D eigenvalue weighted by Crippen LogP contribution is 2.36. The summed E-state index contributed by atoms with van der Waals surface area (Å²) in [6.07, 6.45) is 1.75. The molecule has 0 atom stereocenters. The van der Waals surface area contributed by atoms with Gasteiger partial charge in [-0.15, -0.1) is 0 Å². The maximum Gasteiger partial charge on any atom is 0.227 e.